The molecule has 5 rings (SSSR count). The Morgan fingerprint density at radius 1 is 0.846 bits per heavy atom. The average molecular weight is 355 g/mol. The van der Waals surface area contributed by atoms with Crippen LogP contribution in [0.1, 0.15) is 16.4 Å². The van der Waals surface area contributed by atoms with Gasteiger partial charge in [0.15, 0.2) is 0 Å². The van der Waals surface area contributed by atoms with Crippen molar-refractivity contribution in [2.24, 2.45) is 0 Å². The van der Waals surface area contributed by atoms with Gasteiger partial charge >= 0.3 is 0 Å². The Balaban J connectivity index is 1.65. The molecule has 126 valence electrons. The number of imidazole rings is 1. The lowest BCUT2D eigenvalue weighted by molar-refractivity contribution is 0.933. The van der Waals surface area contributed by atoms with Crippen LogP contribution in [0.3, 0.4) is 0 Å². The highest BCUT2D eigenvalue weighted by atomic mass is 32.1. The minimum atomic E-state index is 0.774. The first-order valence-corrected chi connectivity index (χ1v) is 9.47. The van der Waals surface area contributed by atoms with Gasteiger partial charge in [-0.1, -0.05) is 36.4 Å². The van der Waals surface area contributed by atoms with Gasteiger partial charge in [-0.25, -0.2) is 9.97 Å². The van der Waals surface area contributed by atoms with Crippen molar-refractivity contribution in [3.63, 3.8) is 0 Å². The molecule has 2 aromatic heterocycles. The quantitative estimate of drug-likeness (QED) is 0.426. The van der Waals surface area contributed by atoms with Crippen molar-refractivity contribution >= 4 is 32.6 Å². The normalized spacial score (nSPS) is 11.4. The van der Waals surface area contributed by atoms with E-state index in [1.54, 1.807) is 11.3 Å². The summed E-state index contributed by atoms with van der Waals surface area (Å²) < 4.78 is 3.49. The van der Waals surface area contributed by atoms with Gasteiger partial charge in [0.1, 0.15) is 5.82 Å². The molecule has 0 spiro atoms. The highest BCUT2D eigenvalue weighted by Crippen LogP contribution is 2.26. The summed E-state index contributed by atoms with van der Waals surface area (Å²) in [5, 5.41) is 1.11. The zero-order valence-electron chi connectivity index (χ0n) is 14.4. The molecule has 0 unspecified atom stereocenters. The second-order valence-corrected chi connectivity index (χ2v) is 7.63. The third-order valence-corrected chi connectivity index (χ3v) is 5.52. The van der Waals surface area contributed by atoms with E-state index in [4.69, 9.17) is 4.98 Å². The summed E-state index contributed by atoms with van der Waals surface area (Å²) >= 11 is 1.74. The molecular formula is C22H17N3S. The summed E-state index contributed by atoms with van der Waals surface area (Å²) in [5.74, 6) is 1.05. The van der Waals surface area contributed by atoms with Crippen molar-refractivity contribution in [3.8, 4) is 5.69 Å². The summed E-state index contributed by atoms with van der Waals surface area (Å²) in [7, 11) is 0. The Hall–Kier alpha value is -2.98. The summed E-state index contributed by atoms with van der Waals surface area (Å²) in [6.07, 6.45) is 0.774. The molecule has 3 nitrogen and oxygen atoms in total. The maximum atomic E-state index is 4.91. The highest BCUT2D eigenvalue weighted by Gasteiger charge is 2.13. The molecule has 0 fully saturated rings. The number of aromatic nitrogens is 3. The third kappa shape index (κ3) is 2.59. The second-order valence-electron chi connectivity index (χ2n) is 6.40. The molecule has 0 saturated heterocycles. The van der Waals surface area contributed by atoms with Crippen LogP contribution in [0, 0.1) is 6.92 Å². The molecule has 0 radical (unpaired) electrons. The molecule has 0 amide bonds. The van der Waals surface area contributed by atoms with Crippen LogP contribution in [0.15, 0.2) is 72.8 Å². The van der Waals surface area contributed by atoms with Crippen molar-refractivity contribution in [1.29, 1.82) is 0 Å². The van der Waals surface area contributed by atoms with Gasteiger partial charge in [-0.05, 0) is 48.9 Å². The number of aryl methyl sites for hydroxylation is 1. The highest BCUT2D eigenvalue weighted by molar-refractivity contribution is 7.18. The number of nitrogens with zero attached hydrogens (tertiary/aromatic N) is 3. The largest absolute Gasteiger partial charge is 0.296 e. The van der Waals surface area contributed by atoms with Crippen LogP contribution >= 0.6 is 11.3 Å². The smallest absolute Gasteiger partial charge is 0.118 e. The van der Waals surface area contributed by atoms with E-state index in [2.05, 4.69) is 77.1 Å². The number of fused-ring (bicyclic) bond motifs is 2. The van der Waals surface area contributed by atoms with Gasteiger partial charge in [0.25, 0.3) is 0 Å². The fraction of sp³-hybridized carbons (Fsp3) is 0.0909. The number of rotatable bonds is 3. The van der Waals surface area contributed by atoms with Crippen molar-refractivity contribution in [1.82, 2.24) is 14.5 Å². The van der Waals surface area contributed by atoms with E-state index in [1.165, 1.54) is 10.3 Å². The van der Waals surface area contributed by atoms with Gasteiger partial charge in [0.2, 0.25) is 0 Å². The number of benzene rings is 3. The number of para-hydroxylation sites is 3. The van der Waals surface area contributed by atoms with Crippen LogP contribution in [0.5, 0.6) is 0 Å². The van der Waals surface area contributed by atoms with E-state index >= 15 is 0 Å². The lowest BCUT2D eigenvalue weighted by atomic mass is 10.1. The fourth-order valence-electron chi connectivity index (χ4n) is 3.44. The number of hydrogen-bond acceptors (Lipinski definition) is 3. The predicted octanol–water partition coefficient (Wildman–Crippen LogP) is 5.53. The van der Waals surface area contributed by atoms with Crippen molar-refractivity contribution in [3.05, 3.63) is 89.2 Å². The Bertz CT molecular complexity index is 1220. The molecule has 0 saturated carbocycles. The van der Waals surface area contributed by atoms with Gasteiger partial charge in [-0.3, -0.25) is 4.57 Å². The zero-order valence-corrected chi connectivity index (χ0v) is 15.2. The molecule has 4 heteroatoms. The Morgan fingerprint density at radius 2 is 1.65 bits per heavy atom. The Labute approximate surface area is 155 Å². The molecule has 5 aromatic rings. The standard InChI is InChI=1S/C22H17N3S/c1-15-23-19-13-16(11-12-21(19)26-15)14-22-24-18-9-5-6-10-20(18)25(22)17-7-3-2-4-8-17/h2-13H,14H2,1H3. The van der Waals surface area contributed by atoms with E-state index in [-0.39, 0.29) is 0 Å². The zero-order chi connectivity index (χ0) is 17.5. The molecule has 26 heavy (non-hydrogen) atoms. The molecule has 3 aromatic carbocycles. The van der Waals surface area contributed by atoms with Gasteiger partial charge in [-0.15, -0.1) is 11.3 Å². The van der Waals surface area contributed by atoms with Gasteiger partial charge in [-0.2, -0.15) is 0 Å². The lowest BCUT2D eigenvalue weighted by Gasteiger charge is -2.09. The minimum absolute atomic E-state index is 0.774. The van der Waals surface area contributed by atoms with Crippen molar-refractivity contribution < 1.29 is 0 Å². The van der Waals surface area contributed by atoms with Crippen LogP contribution in [0.4, 0.5) is 0 Å². The Kier molecular flexibility index (Phi) is 3.57. The van der Waals surface area contributed by atoms with Gasteiger partial charge < -0.3 is 0 Å². The molecule has 0 N–H and O–H groups in total. The average Bonchev–Trinajstić information content (AvgIpc) is 3.21. The summed E-state index contributed by atoms with van der Waals surface area (Å²) in [5.41, 5.74) is 5.61. The molecule has 0 bridgehead atoms. The van der Waals surface area contributed by atoms with Crippen LogP contribution < -0.4 is 0 Å². The summed E-state index contributed by atoms with van der Waals surface area (Å²) in [4.78, 5) is 9.54. The van der Waals surface area contributed by atoms with Gasteiger partial charge in [0.05, 0.1) is 26.3 Å². The van der Waals surface area contributed by atoms with Crippen LogP contribution in [0.25, 0.3) is 26.9 Å². The maximum absolute atomic E-state index is 4.91. The topological polar surface area (TPSA) is 30.7 Å². The second kappa shape index (κ2) is 6.07. The first-order valence-electron chi connectivity index (χ1n) is 8.66. The number of hydrogen-bond donors (Lipinski definition) is 0. The van der Waals surface area contributed by atoms with E-state index in [0.29, 0.717) is 0 Å². The fourth-order valence-corrected chi connectivity index (χ4v) is 4.25. The third-order valence-electron chi connectivity index (χ3n) is 4.57. The maximum Gasteiger partial charge on any atom is 0.118 e. The molecule has 2 heterocycles. The monoisotopic (exact) mass is 355 g/mol. The summed E-state index contributed by atoms with van der Waals surface area (Å²) in [6.45, 7) is 2.05. The van der Waals surface area contributed by atoms with E-state index in [9.17, 15) is 0 Å². The first kappa shape index (κ1) is 15.3. The summed E-state index contributed by atoms with van der Waals surface area (Å²) in [6, 6.07) is 25.3. The molecule has 0 aliphatic carbocycles. The first-order chi connectivity index (χ1) is 12.8. The minimum Gasteiger partial charge on any atom is -0.296 e. The van der Waals surface area contributed by atoms with E-state index in [1.807, 2.05) is 12.1 Å². The predicted molar refractivity (Wildman–Crippen MR) is 108 cm³/mol. The van der Waals surface area contributed by atoms with Crippen molar-refractivity contribution in [2.45, 2.75) is 13.3 Å². The van der Waals surface area contributed by atoms with E-state index < -0.39 is 0 Å². The van der Waals surface area contributed by atoms with Crippen molar-refractivity contribution in [2.75, 3.05) is 0 Å². The lowest BCUT2D eigenvalue weighted by Crippen LogP contribution is -2.02. The van der Waals surface area contributed by atoms with Crippen LogP contribution in [0.2, 0.25) is 0 Å². The SMILES string of the molecule is Cc1nc2cc(Cc3nc4ccccc4n3-c3ccccc3)ccc2s1. The molecule has 0 aliphatic heterocycles. The molecular weight excluding hydrogens is 338 g/mol. The molecule has 0 atom stereocenters. The van der Waals surface area contributed by atoms with E-state index in [0.717, 1.165) is 39.5 Å². The number of thiazole rings is 1. The molecule has 0 aliphatic rings. The Morgan fingerprint density at radius 3 is 2.54 bits per heavy atom. The van der Waals surface area contributed by atoms with Crippen LogP contribution in [-0.2, 0) is 6.42 Å². The van der Waals surface area contributed by atoms with Crippen LogP contribution in [-0.4, -0.2) is 14.5 Å². The van der Waals surface area contributed by atoms with Gasteiger partial charge in [0, 0.05) is 12.1 Å².